The summed E-state index contributed by atoms with van der Waals surface area (Å²) in [5.41, 5.74) is -1.50. The summed E-state index contributed by atoms with van der Waals surface area (Å²) < 4.78 is 64.0. The maximum atomic E-state index is 12.9. The highest BCUT2D eigenvalue weighted by atomic mass is 19.4. The van der Waals surface area contributed by atoms with E-state index in [0.29, 0.717) is 6.20 Å². The van der Waals surface area contributed by atoms with E-state index < -0.39 is 35.9 Å². The molecule has 0 saturated heterocycles. The van der Waals surface area contributed by atoms with Crippen LogP contribution >= 0.6 is 0 Å². The Balaban J connectivity index is 3.29. The first-order valence-corrected chi connectivity index (χ1v) is 3.83. The molecule has 0 aliphatic rings. The smallest absolute Gasteiger partial charge is 0.402 e. The molecule has 0 saturated carbocycles. The lowest BCUT2D eigenvalue weighted by atomic mass is 10.2. The monoisotopic (exact) mass is 241 g/mol. The SMILES string of the molecule is O=Cc1c(CF)ncc(F)c1OC(F)(F)F. The van der Waals surface area contributed by atoms with E-state index >= 15 is 0 Å². The Hall–Kier alpha value is -1.73. The zero-order chi connectivity index (χ0) is 12.3. The standard InChI is InChI=1S/C8H4F5NO2/c9-1-6-4(3-15)7(5(10)2-14-6)16-8(11,12)13/h2-3H,1H2. The van der Waals surface area contributed by atoms with Crippen LogP contribution in [0, 0.1) is 5.82 Å². The molecule has 0 amide bonds. The van der Waals surface area contributed by atoms with Gasteiger partial charge in [0.15, 0.2) is 17.9 Å². The molecule has 8 heteroatoms. The number of aldehydes is 1. The number of carbonyl (C=O) groups excluding carboxylic acids is 1. The van der Waals surface area contributed by atoms with Crippen molar-refractivity contribution in [3.8, 4) is 5.75 Å². The van der Waals surface area contributed by atoms with E-state index in [0.717, 1.165) is 0 Å². The van der Waals surface area contributed by atoms with Crippen LogP contribution in [0.2, 0.25) is 0 Å². The zero-order valence-corrected chi connectivity index (χ0v) is 7.52. The summed E-state index contributed by atoms with van der Waals surface area (Å²) >= 11 is 0. The Morgan fingerprint density at radius 1 is 1.44 bits per heavy atom. The second-order valence-corrected chi connectivity index (χ2v) is 2.59. The van der Waals surface area contributed by atoms with Crippen LogP contribution in [0.3, 0.4) is 0 Å². The lowest BCUT2D eigenvalue weighted by Gasteiger charge is -2.12. The van der Waals surface area contributed by atoms with E-state index in [1.54, 1.807) is 0 Å². The van der Waals surface area contributed by atoms with Crippen molar-refractivity contribution in [2.45, 2.75) is 13.0 Å². The molecule has 1 rings (SSSR count). The summed E-state index contributed by atoms with van der Waals surface area (Å²) in [4.78, 5) is 13.6. The van der Waals surface area contributed by atoms with Crippen molar-refractivity contribution in [1.29, 1.82) is 0 Å². The maximum Gasteiger partial charge on any atom is 0.573 e. The third-order valence-electron chi connectivity index (χ3n) is 1.57. The average Bonchev–Trinajstić information content (AvgIpc) is 2.19. The van der Waals surface area contributed by atoms with Gasteiger partial charge in [0.05, 0.1) is 17.5 Å². The molecule has 0 spiro atoms. The number of nitrogens with zero attached hydrogens (tertiary/aromatic N) is 1. The van der Waals surface area contributed by atoms with Crippen LogP contribution in [0.5, 0.6) is 5.75 Å². The third-order valence-corrected chi connectivity index (χ3v) is 1.57. The molecule has 0 bridgehead atoms. The fourth-order valence-electron chi connectivity index (χ4n) is 0.970. The van der Waals surface area contributed by atoms with Gasteiger partial charge in [0, 0.05) is 0 Å². The highest BCUT2D eigenvalue weighted by Crippen LogP contribution is 2.29. The Bertz CT molecular complexity index is 404. The first-order chi connectivity index (χ1) is 7.39. The molecule has 0 unspecified atom stereocenters. The van der Waals surface area contributed by atoms with Gasteiger partial charge < -0.3 is 4.74 Å². The van der Waals surface area contributed by atoms with Crippen LogP contribution in [-0.2, 0) is 6.67 Å². The van der Waals surface area contributed by atoms with Gasteiger partial charge in [0.1, 0.15) is 6.67 Å². The van der Waals surface area contributed by atoms with Gasteiger partial charge in [-0.25, -0.2) is 8.78 Å². The molecule has 16 heavy (non-hydrogen) atoms. The number of hydrogen-bond donors (Lipinski definition) is 0. The third kappa shape index (κ3) is 2.65. The molecule has 1 aromatic rings. The number of alkyl halides is 4. The highest BCUT2D eigenvalue weighted by molar-refractivity contribution is 5.80. The Morgan fingerprint density at radius 3 is 2.50 bits per heavy atom. The molecule has 0 atom stereocenters. The van der Waals surface area contributed by atoms with Crippen molar-refractivity contribution in [3.05, 3.63) is 23.3 Å². The lowest BCUT2D eigenvalue weighted by molar-refractivity contribution is -0.275. The second-order valence-electron chi connectivity index (χ2n) is 2.59. The lowest BCUT2D eigenvalue weighted by Crippen LogP contribution is -2.20. The minimum absolute atomic E-state index is 0.147. The van der Waals surface area contributed by atoms with E-state index in [1.165, 1.54) is 0 Å². The molecule has 0 aliphatic heterocycles. The predicted octanol–water partition coefficient (Wildman–Crippen LogP) is 2.40. The summed E-state index contributed by atoms with van der Waals surface area (Å²) in [6.07, 6.45) is -4.97. The molecule has 88 valence electrons. The van der Waals surface area contributed by atoms with Gasteiger partial charge in [-0.05, 0) is 0 Å². The molecule has 0 aliphatic carbocycles. The number of rotatable bonds is 3. The van der Waals surface area contributed by atoms with Gasteiger partial charge in [0.2, 0.25) is 0 Å². The summed E-state index contributed by atoms with van der Waals surface area (Å²) in [5, 5.41) is 0. The van der Waals surface area contributed by atoms with E-state index in [-0.39, 0.29) is 6.29 Å². The Kier molecular flexibility index (Phi) is 3.41. The molecular weight excluding hydrogens is 237 g/mol. The number of pyridine rings is 1. The van der Waals surface area contributed by atoms with Gasteiger partial charge in [-0.2, -0.15) is 0 Å². The van der Waals surface area contributed by atoms with Gasteiger partial charge in [-0.1, -0.05) is 0 Å². The Labute approximate surface area is 85.8 Å². The van der Waals surface area contributed by atoms with Gasteiger partial charge in [-0.3, -0.25) is 9.78 Å². The van der Waals surface area contributed by atoms with Crippen molar-refractivity contribution >= 4 is 6.29 Å². The number of hydrogen-bond acceptors (Lipinski definition) is 3. The van der Waals surface area contributed by atoms with Crippen LogP contribution in [0.1, 0.15) is 16.1 Å². The first-order valence-electron chi connectivity index (χ1n) is 3.83. The second kappa shape index (κ2) is 4.42. The van der Waals surface area contributed by atoms with Crippen molar-refractivity contribution in [2.75, 3.05) is 0 Å². The topological polar surface area (TPSA) is 39.2 Å². The highest BCUT2D eigenvalue weighted by Gasteiger charge is 2.34. The van der Waals surface area contributed by atoms with E-state index in [2.05, 4.69) is 9.72 Å². The Morgan fingerprint density at radius 2 is 2.06 bits per heavy atom. The van der Waals surface area contributed by atoms with Gasteiger partial charge >= 0.3 is 6.36 Å². The average molecular weight is 241 g/mol. The molecule has 1 heterocycles. The number of aromatic nitrogens is 1. The molecule has 0 N–H and O–H groups in total. The zero-order valence-electron chi connectivity index (χ0n) is 7.52. The van der Waals surface area contributed by atoms with E-state index in [1.807, 2.05) is 0 Å². The molecular formula is C8H4F5NO2. The van der Waals surface area contributed by atoms with Crippen molar-refractivity contribution < 1.29 is 31.5 Å². The fraction of sp³-hybridized carbons (Fsp3) is 0.250. The molecule has 1 aromatic heterocycles. The predicted molar refractivity (Wildman–Crippen MR) is 41.1 cm³/mol. The number of carbonyl (C=O) groups is 1. The van der Waals surface area contributed by atoms with Crippen LogP contribution in [0.25, 0.3) is 0 Å². The van der Waals surface area contributed by atoms with E-state index in [9.17, 15) is 26.7 Å². The minimum atomic E-state index is -5.17. The maximum absolute atomic E-state index is 12.9. The van der Waals surface area contributed by atoms with Gasteiger partial charge in [-0.15, -0.1) is 13.2 Å². The molecule has 0 radical (unpaired) electrons. The normalized spacial score (nSPS) is 11.3. The van der Waals surface area contributed by atoms with Crippen molar-refractivity contribution in [3.63, 3.8) is 0 Å². The van der Waals surface area contributed by atoms with Crippen molar-refractivity contribution in [2.24, 2.45) is 0 Å². The van der Waals surface area contributed by atoms with Crippen molar-refractivity contribution in [1.82, 2.24) is 4.98 Å². The summed E-state index contributed by atoms with van der Waals surface area (Å²) in [5.74, 6) is -2.86. The summed E-state index contributed by atoms with van der Waals surface area (Å²) in [6.45, 7) is -1.30. The van der Waals surface area contributed by atoms with Crippen LogP contribution in [-0.4, -0.2) is 17.6 Å². The first kappa shape index (κ1) is 12.3. The van der Waals surface area contributed by atoms with Crippen LogP contribution in [0.15, 0.2) is 6.20 Å². The number of ether oxygens (including phenoxy) is 1. The summed E-state index contributed by atoms with van der Waals surface area (Å²) in [7, 11) is 0. The number of halogens is 5. The van der Waals surface area contributed by atoms with Crippen LogP contribution < -0.4 is 4.74 Å². The van der Waals surface area contributed by atoms with Crippen LogP contribution in [0.4, 0.5) is 22.0 Å². The quantitative estimate of drug-likeness (QED) is 0.602. The molecule has 0 aromatic carbocycles. The minimum Gasteiger partial charge on any atom is -0.402 e. The molecule has 3 nitrogen and oxygen atoms in total. The largest absolute Gasteiger partial charge is 0.573 e. The van der Waals surface area contributed by atoms with E-state index in [4.69, 9.17) is 0 Å². The fourth-order valence-corrected chi connectivity index (χ4v) is 0.970. The molecule has 0 fully saturated rings. The van der Waals surface area contributed by atoms with Gasteiger partial charge in [0.25, 0.3) is 0 Å². The summed E-state index contributed by atoms with van der Waals surface area (Å²) in [6, 6.07) is 0.